The Kier molecular flexibility index (Phi) is 8.92. The van der Waals surface area contributed by atoms with Gasteiger partial charge in [0, 0.05) is 38.3 Å². The first-order chi connectivity index (χ1) is 14.3. The highest BCUT2D eigenvalue weighted by Crippen LogP contribution is 2.35. The van der Waals surface area contributed by atoms with Gasteiger partial charge in [-0.1, -0.05) is 12.1 Å². The van der Waals surface area contributed by atoms with Gasteiger partial charge < -0.3 is 25.0 Å². The maximum Gasteiger partial charge on any atom is 0.191 e. The summed E-state index contributed by atoms with van der Waals surface area (Å²) in [6.07, 6.45) is 9.16. The summed E-state index contributed by atoms with van der Waals surface area (Å²) in [5.74, 6) is 3.25. The van der Waals surface area contributed by atoms with E-state index >= 15 is 0 Å². The Labute approximate surface area is 198 Å². The monoisotopic (exact) mass is 528 g/mol. The van der Waals surface area contributed by atoms with E-state index in [0.29, 0.717) is 18.6 Å². The Morgan fingerprint density at radius 1 is 1.13 bits per heavy atom. The van der Waals surface area contributed by atoms with E-state index in [1.807, 2.05) is 19.2 Å². The van der Waals surface area contributed by atoms with Crippen molar-refractivity contribution in [3.05, 3.63) is 23.8 Å². The largest absolute Gasteiger partial charge is 0.493 e. The van der Waals surface area contributed by atoms with E-state index in [0.717, 1.165) is 48.5 Å². The SMILES string of the molecule is CN=C(NCc1cccc(OC)c1OC1CCCC1)NCC1CCN(C2CC2)C1.I. The number of likely N-dealkylation sites (tertiary alicyclic amines) is 1. The van der Waals surface area contributed by atoms with Crippen LogP contribution in [0.2, 0.25) is 0 Å². The fourth-order valence-electron chi connectivity index (χ4n) is 4.61. The quantitative estimate of drug-likeness (QED) is 0.306. The number of hydrogen-bond acceptors (Lipinski definition) is 4. The average Bonchev–Trinajstić information content (AvgIpc) is 3.26. The molecule has 2 aliphatic carbocycles. The molecule has 1 aromatic carbocycles. The third kappa shape index (κ3) is 6.15. The van der Waals surface area contributed by atoms with Crippen LogP contribution >= 0.6 is 24.0 Å². The molecule has 1 aliphatic heterocycles. The number of ether oxygens (including phenoxy) is 2. The van der Waals surface area contributed by atoms with Gasteiger partial charge in [-0.3, -0.25) is 4.99 Å². The number of halogens is 1. The fraction of sp³-hybridized carbons (Fsp3) is 0.696. The van der Waals surface area contributed by atoms with Crippen LogP contribution < -0.4 is 20.1 Å². The number of nitrogens with zero attached hydrogens (tertiary/aromatic N) is 2. The van der Waals surface area contributed by atoms with Gasteiger partial charge in [0.2, 0.25) is 0 Å². The molecule has 1 heterocycles. The van der Waals surface area contributed by atoms with Crippen molar-refractivity contribution in [2.75, 3.05) is 33.8 Å². The van der Waals surface area contributed by atoms with Crippen molar-refractivity contribution in [2.45, 2.75) is 63.6 Å². The van der Waals surface area contributed by atoms with Crippen LogP contribution in [-0.4, -0.2) is 56.8 Å². The molecular formula is C23H37IN4O2. The van der Waals surface area contributed by atoms with Crippen molar-refractivity contribution in [3.63, 3.8) is 0 Å². The van der Waals surface area contributed by atoms with Gasteiger partial charge in [0.15, 0.2) is 17.5 Å². The molecule has 2 N–H and O–H groups in total. The number of nitrogens with one attached hydrogen (secondary N) is 2. The van der Waals surface area contributed by atoms with Gasteiger partial charge in [0.25, 0.3) is 0 Å². The summed E-state index contributed by atoms with van der Waals surface area (Å²) in [5.41, 5.74) is 1.11. The van der Waals surface area contributed by atoms with Gasteiger partial charge in [0.05, 0.1) is 13.2 Å². The molecule has 0 aromatic heterocycles. The maximum absolute atomic E-state index is 6.34. The molecule has 0 spiro atoms. The third-order valence-corrected chi connectivity index (χ3v) is 6.48. The van der Waals surface area contributed by atoms with Crippen molar-refractivity contribution in [1.29, 1.82) is 0 Å². The number of methoxy groups -OCH3 is 1. The molecule has 3 aliphatic rings. The van der Waals surface area contributed by atoms with Crippen LogP contribution in [0.5, 0.6) is 11.5 Å². The zero-order chi connectivity index (χ0) is 20.1. The lowest BCUT2D eigenvalue weighted by Crippen LogP contribution is -2.40. The van der Waals surface area contributed by atoms with Crippen LogP contribution in [0.3, 0.4) is 0 Å². The van der Waals surface area contributed by atoms with Gasteiger partial charge in [-0.2, -0.15) is 0 Å². The van der Waals surface area contributed by atoms with Crippen molar-refractivity contribution in [3.8, 4) is 11.5 Å². The molecule has 30 heavy (non-hydrogen) atoms. The highest BCUT2D eigenvalue weighted by Gasteiger charge is 2.34. The van der Waals surface area contributed by atoms with Gasteiger partial charge in [-0.15, -0.1) is 24.0 Å². The van der Waals surface area contributed by atoms with Gasteiger partial charge in [-0.05, 0) is 63.5 Å². The van der Waals surface area contributed by atoms with Gasteiger partial charge >= 0.3 is 0 Å². The molecule has 4 rings (SSSR count). The first-order valence-corrected chi connectivity index (χ1v) is 11.3. The minimum Gasteiger partial charge on any atom is -0.493 e. The van der Waals surface area contributed by atoms with E-state index < -0.39 is 0 Å². The molecule has 1 saturated heterocycles. The molecule has 6 nitrogen and oxygen atoms in total. The van der Waals surface area contributed by atoms with E-state index in [9.17, 15) is 0 Å². The summed E-state index contributed by atoms with van der Waals surface area (Å²) in [7, 11) is 3.54. The lowest BCUT2D eigenvalue weighted by atomic mass is 10.1. The maximum atomic E-state index is 6.34. The molecule has 7 heteroatoms. The average molecular weight is 528 g/mol. The predicted molar refractivity (Wildman–Crippen MR) is 132 cm³/mol. The first-order valence-electron chi connectivity index (χ1n) is 11.3. The number of aliphatic imine (C=N–C) groups is 1. The Hall–Kier alpha value is -1.22. The molecule has 1 aromatic rings. The Bertz CT molecular complexity index is 704. The summed E-state index contributed by atoms with van der Waals surface area (Å²) in [5, 5.41) is 6.99. The van der Waals surface area contributed by atoms with Crippen molar-refractivity contribution in [1.82, 2.24) is 15.5 Å². The molecule has 2 saturated carbocycles. The number of rotatable bonds is 8. The van der Waals surface area contributed by atoms with Crippen molar-refractivity contribution >= 4 is 29.9 Å². The van der Waals surface area contributed by atoms with Gasteiger partial charge in [0.1, 0.15) is 0 Å². The minimum atomic E-state index is 0. The molecular weight excluding hydrogens is 491 g/mol. The molecule has 0 bridgehead atoms. The minimum absolute atomic E-state index is 0. The molecule has 1 unspecified atom stereocenters. The number of para-hydroxylation sites is 1. The summed E-state index contributed by atoms with van der Waals surface area (Å²) < 4.78 is 11.9. The zero-order valence-electron chi connectivity index (χ0n) is 18.4. The highest BCUT2D eigenvalue weighted by atomic mass is 127. The van der Waals surface area contributed by atoms with E-state index in [-0.39, 0.29) is 24.0 Å². The van der Waals surface area contributed by atoms with E-state index in [1.165, 1.54) is 45.2 Å². The van der Waals surface area contributed by atoms with E-state index in [4.69, 9.17) is 9.47 Å². The van der Waals surface area contributed by atoms with Crippen LogP contribution in [0.25, 0.3) is 0 Å². The molecule has 3 fully saturated rings. The number of benzene rings is 1. The number of hydrogen-bond donors (Lipinski definition) is 2. The topological polar surface area (TPSA) is 58.1 Å². The fourth-order valence-corrected chi connectivity index (χ4v) is 4.61. The summed E-state index contributed by atoms with van der Waals surface area (Å²) >= 11 is 0. The van der Waals surface area contributed by atoms with E-state index in [2.05, 4.69) is 26.6 Å². The first kappa shape index (κ1) is 23.4. The predicted octanol–water partition coefficient (Wildman–Crippen LogP) is 3.78. The highest BCUT2D eigenvalue weighted by molar-refractivity contribution is 14.0. The van der Waals surface area contributed by atoms with Crippen LogP contribution in [0.1, 0.15) is 50.5 Å². The second-order valence-corrected chi connectivity index (χ2v) is 8.66. The Morgan fingerprint density at radius 3 is 2.63 bits per heavy atom. The second kappa shape index (κ2) is 11.4. The van der Waals surface area contributed by atoms with E-state index in [1.54, 1.807) is 7.11 Å². The lowest BCUT2D eigenvalue weighted by molar-refractivity contribution is 0.198. The standard InChI is InChI=1S/C23H36N4O2.HI/c1-24-23(25-14-17-12-13-27(16-17)19-10-11-19)26-15-18-6-5-9-21(28-2)22(18)29-20-7-3-4-8-20;/h5-6,9,17,19-20H,3-4,7-8,10-16H2,1-2H3,(H2,24,25,26);1H. The zero-order valence-corrected chi connectivity index (χ0v) is 20.7. The molecule has 0 amide bonds. The second-order valence-electron chi connectivity index (χ2n) is 8.66. The number of guanidine groups is 1. The third-order valence-electron chi connectivity index (χ3n) is 6.48. The Morgan fingerprint density at radius 2 is 1.93 bits per heavy atom. The molecule has 1 atom stereocenters. The molecule has 0 radical (unpaired) electrons. The summed E-state index contributed by atoms with van der Waals surface area (Å²) in [4.78, 5) is 7.07. The van der Waals surface area contributed by atoms with Crippen molar-refractivity contribution in [2.24, 2.45) is 10.9 Å². The normalized spacial score (nSPS) is 22.6. The molecule has 168 valence electrons. The van der Waals surface area contributed by atoms with Crippen LogP contribution in [0, 0.1) is 5.92 Å². The van der Waals surface area contributed by atoms with Crippen molar-refractivity contribution < 1.29 is 9.47 Å². The summed E-state index contributed by atoms with van der Waals surface area (Å²) in [6, 6.07) is 6.99. The van der Waals surface area contributed by atoms with Gasteiger partial charge in [-0.25, -0.2) is 0 Å². The Balaban J connectivity index is 0.00000256. The lowest BCUT2D eigenvalue weighted by Gasteiger charge is -2.20. The summed E-state index contributed by atoms with van der Waals surface area (Å²) in [6.45, 7) is 4.13. The van der Waals surface area contributed by atoms with Crippen LogP contribution in [-0.2, 0) is 6.54 Å². The van der Waals surface area contributed by atoms with Crippen LogP contribution in [0.4, 0.5) is 0 Å². The smallest absolute Gasteiger partial charge is 0.191 e. The van der Waals surface area contributed by atoms with Crippen LogP contribution in [0.15, 0.2) is 23.2 Å².